The molecule has 0 heterocycles. The van der Waals surface area contributed by atoms with E-state index in [4.69, 9.17) is 24.3 Å². The van der Waals surface area contributed by atoms with Gasteiger partial charge >= 0.3 is 13.8 Å². The monoisotopic (exact) mass is 776 g/mol. The molecule has 9 heteroatoms. The molecule has 0 radical (unpaired) electrons. The van der Waals surface area contributed by atoms with Gasteiger partial charge in [0.05, 0.1) is 19.8 Å². The lowest BCUT2D eigenvalue weighted by atomic mass is 10.0. The van der Waals surface area contributed by atoms with E-state index >= 15 is 0 Å². The lowest BCUT2D eigenvalue weighted by Crippen LogP contribution is -2.28. The third-order valence-corrected chi connectivity index (χ3v) is 11.3. The largest absolute Gasteiger partial charge is 0.472 e. The number of ether oxygens (including phenoxy) is 2. The molecule has 318 valence electrons. The number of carbonyl (C=O) groups excluding carboxylic acids is 1. The molecule has 2 atom stereocenters. The smallest absolute Gasteiger partial charge is 0.457 e. The van der Waals surface area contributed by atoms with Gasteiger partial charge in [-0.1, -0.05) is 219 Å². The van der Waals surface area contributed by atoms with Gasteiger partial charge in [-0.15, -0.1) is 0 Å². The Bertz CT molecular complexity index is 787. The second-order valence-corrected chi connectivity index (χ2v) is 17.1. The lowest BCUT2D eigenvalue weighted by Gasteiger charge is -2.20. The highest BCUT2D eigenvalue weighted by Crippen LogP contribution is 2.43. The fourth-order valence-corrected chi connectivity index (χ4v) is 7.65. The molecule has 0 aromatic carbocycles. The standard InChI is InChI=1S/C44H90NO7P/c1-3-5-7-9-11-13-15-17-19-21-22-24-26-28-30-32-34-36-39-49-41-43(42-51-53(47,48)50-40-38-45)52-44(46)37-35-33-31-29-27-25-23-20-18-16-14-12-10-8-6-4-2/h43H,3-42,45H2,1-2H3,(H,47,48)/t43-/m1/s1. The number of unbranched alkanes of at least 4 members (excludes halogenated alkanes) is 32. The zero-order valence-corrected chi connectivity index (χ0v) is 36.2. The van der Waals surface area contributed by atoms with E-state index in [0.29, 0.717) is 13.0 Å². The van der Waals surface area contributed by atoms with E-state index in [0.717, 1.165) is 32.1 Å². The quantitative estimate of drug-likeness (QED) is 0.0357. The van der Waals surface area contributed by atoms with Crippen molar-refractivity contribution in [2.24, 2.45) is 5.73 Å². The Morgan fingerprint density at radius 2 is 0.830 bits per heavy atom. The van der Waals surface area contributed by atoms with Gasteiger partial charge in [0.1, 0.15) is 6.10 Å². The molecule has 0 saturated heterocycles. The van der Waals surface area contributed by atoms with Gasteiger partial charge in [-0.25, -0.2) is 4.57 Å². The first-order valence-electron chi connectivity index (χ1n) is 23.0. The van der Waals surface area contributed by atoms with Crippen LogP contribution in [0.2, 0.25) is 0 Å². The number of carbonyl (C=O) groups is 1. The van der Waals surface area contributed by atoms with Crippen molar-refractivity contribution < 1.29 is 32.8 Å². The molecule has 0 amide bonds. The van der Waals surface area contributed by atoms with Crippen LogP contribution in [0.5, 0.6) is 0 Å². The fourth-order valence-electron chi connectivity index (χ4n) is 6.88. The maximum absolute atomic E-state index is 12.6. The van der Waals surface area contributed by atoms with Crippen molar-refractivity contribution in [2.75, 3.05) is 33.0 Å². The Balaban J connectivity index is 3.94. The summed E-state index contributed by atoms with van der Waals surface area (Å²) in [7, 11) is -4.27. The van der Waals surface area contributed by atoms with E-state index in [1.165, 1.54) is 186 Å². The molecule has 0 saturated carbocycles. The summed E-state index contributed by atoms with van der Waals surface area (Å²) in [5.41, 5.74) is 5.38. The number of hydrogen-bond donors (Lipinski definition) is 2. The van der Waals surface area contributed by atoms with E-state index in [1.807, 2.05) is 0 Å². The number of nitrogens with two attached hydrogens (primary N) is 1. The number of esters is 1. The van der Waals surface area contributed by atoms with Crippen molar-refractivity contribution in [1.29, 1.82) is 0 Å². The minimum atomic E-state index is -4.27. The Hall–Kier alpha value is -0.500. The molecule has 0 spiro atoms. The minimum absolute atomic E-state index is 0.0899. The van der Waals surface area contributed by atoms with Crippen LogP contribution in [0, 0.1) is 0 Å². The fraction of sp³-hybridized carbons (Fsp3) is 0.977. The van der Waals surface area contributed by atoms with Gasteiger partial charge in [-0.2, -0.15) is 0 Å². The topological polar surface area (TPSA) is 117 Å². The number of phosphoric ester groups is 1. The van der Waals surface area contributed by atoms with Gasteiger partial charge in [0.15, 0.2) is 0 Å². The summed E-state index contributed by atoms with van der Waals surface area (Å²) in [6.45, 7) is 4.99. The normalized spacial score (nSPS) is 13.4. The second kappa shape index (κ2) is 42.6. The summed E-state index contributed by atoms with van der Waals surface area (Å²) < 4.78 is 33.5. The van der Waals surface area contributed by atoms with E-state index < -0.39 is 13.9 Å². The zero-order valence-electron chi connectivity index (χ0n) is 35.3. The molecule has 1 unspecified atom stereocenters. The minimum Gasteiger partial charge on any atom is -0.457 e. The van der Waals surface area contributed by atoms with E-state index in [1.54, 1.807) is 0 Å². The third-order valence-electron chi connectivity index (χ3n) is 10.3. The molecular formula is C44H90NO7P. The number of hydrogen-bond acceptors (Lipinski definition) is 7. The first-order valence-corrected chi connectivity index (χ1v) is 24.5. The van der Waals surface area contributed by atoms with Gasteiger partial charge in [0.25, 0.3) is 0 Å². The molecule has 0 aliphatic carbocycles. The van der Waals surface area contributed by atoms with Crippen LogP contribution in [-0.4, -0.2) is 49.9 Å². The van der Waals surface area contributed by atoms with Crippen LogP contribution >= 0.6 is 7.82 Å². The summed E-state index contributed by atoms with van der Waals surface area (Å²) in [6.07, 6.45) is 44.0. The van der Waals surface area contributed by atoms with Crippen LogP contribution < -0.4 is 5.73 Å². The molecule has 3 N–H and O–H groups in total. The van der Waals surface area contributed by atoms with Gasteiger partial charge in [-0.3, -0.25) is 13.8 Å². The third kappa shape index (κ3) is 42.5. The van der Waals surface area contributed by atoms with Crippen molar-refractivity contribution in [2.45, 2.75) is 245 Å². The predicted molar refractivity (Wildman–Crippen MR) is 224 cm³/mol. The summed E-state index contributed by atoms with van der Waals surface area (Å²) in [5.74, 6) is -0.323. The van der Waals surface area contributed by atoms with E-state index in [9.17, 15) is 14.3 Å². The number of phosphoric acid groups is 1. The highest BCUT2D eigenvalue weighted by molar-refractivity contribution is 7.47. The molecule has 0 aliphatic rings. The van der Waals surface area contributed by atoms with Crippen molar-refractivity contribution in [1.82, 2.24) is 0 Å². The van der Waals surface area contributed by atoms with Crippen LogP contribution in [0.15, 0.2) is 0 Å². The first-order chi connectivity index (χ1) is 25.9. The molecule has 53 heavy (non-hydrogen) atoms. The highest BCUT2D eigenvalue weighted by atomic mass is 31.2. The van der Waals surface area contributed by atoms with Crippen molar-refractivity contribution >= 4 is 13.8 Å². The Morgan fingerprint density at radius 1 is 0.491 bits per heavy atom. The average Bonchev–Trinajstić information content (AvgIpc) is 3.15. The molecular weight excluding hydrogens is 685 g/mol. The van der Waals surface area contributed by atoms with Gasteiger partial charge in [0, 0.05) is 19.6 Å². The highest BCUT2D eigenvalue weighted by Gasteiger charge is 2.25. The maximum atomic E-state index is 12.6. The summed E-state index contributed by atoms with van der Waals surface area (Å²) in [6, 6.07) is 0. The number of rotatable bonds is 45. The molecule has 0 fully saturated rings. The van der Waals surface area contributed by atoms with E-state index in [2.05, 4.69) is 13.8 Å². The van der Waals surface area contributed by atoms with Crippen molar-refractivity contribution in [3.05, 3.63) is 0 Å². The Kier molecular flexibility index (Phi) is 42.2. The predicted octanol–water partition coefficient (Wildman–Crippen LogP) is 13.7. The van der Waals surface area contributed by atoms with Crippen LogP contribution in [0.3, 0.4) is 0 Å². The summed E-state index contributed by atoms with van der Waals surface area (Å²) in [4.78, 5) is 22.5. The molecule has 0 aromatic rings. The van der Waals surface area contributed by atoms with Crippen LogP contribution in [-0.2, 0) is 27.9 Å². The van der Waals surface area contributed by atoms with Crippen LogP contribution in [0.4, 0.5) is 0 Å². The van der Waals surface area contributed by atoms with Crippen molar-refractivity contribution in [3.8, 4) is 0 Å². The van der Waals surface area contributed by atoms with Gasteiger partial charge < -0.3 is 20.1 Å². The molecule has 0 rings (SSSR count). The zero-order chi connectivity index (χ0) is 38.8. The first kappa shape index (κ1) is 52.5. The van der Waals surface area contributed by atoms with Crippen LogP contribution in [0.25, 0.3) is 0 Å². The van der Waals surface area contributed by atoms with Gasteiger partial charge in [-0.05, 0) is 12.8 Å². The van der Waals surface area contributed by atoms with Gasteiger partial charge in [0.2, 0.25) is 0 Å². The second-order valence-electron chi connectivity index (χ2n) is 15.6. The van der Waals surface area contributed by atoms with Crippen LogP contribution in [0.1, 0.15) is 239 Å². The lowest BCUT2D eigenvalue weighted by molar-refractivity contribution is -0.154. The average molecular weight is 776 g/mol. The summed E-state index contributed by atoms with van der Waals surface area (Å²) in [5, 5.41) is 0. The molecule has 0 bridgehead atoms. The molecule has 8 nitrogen and oxygen atoms in total. The summed E-state index contributed by atoms with van der Waals surface area (Å²) >= 11 is 0. The van der Waals surface area contributed by atoms with Crippen molar-refractivity contribution in [3.63, 3.8) is 0 Å². The Morgan fingerprint density at radius 3 is 1.19 bits per heavy atom. The SMILES string of the molecule is CCCCCCCCCCCCCCCCCCCCOC[C@H](COP(=O)(O)OCCN)OC(=O)CCCCCCCCCCCCCCCCCC. The maximum Gasteiger partial charge on any atom is 0.472 e. The Labute approximate surface area is 329 Å². The molecule has 0 aliphatic heterocycles. The molecule has 0 aromatic heterocycles. The van der Waals surface area contributed by atoms with E-state index in [-0.39, 0.29) is 32.3 Å².